The Morgan fingerprint density at radius 1 is 1.04 bits per heavy atom. The van der Waals surface area contributed by atoms with Crippen LogP contribution in [-0.2, 0) is 6.54 Å². The van der Waals surface area contributed by atoms with Crippen LogP contribution in [0.1, 0.15) is 16.7 Å². The lowest BCUT2D eigenvalue weighted by molar-refractivity contribution is -0.198. The smallest absolute Gasteiger partial charge is 0.376 e. The number of hydrogen-bond acceptors (Lipinski definition) is 4. The molecule has 2 rings (SSSR count). The van der Waals surface area contributed by atoms with E-state index >= 15 is 0 Å². The molecule has 26 heavy (non-hydrogen) atoms. The highest BCUT2D eigenvalue weighted by atomic mass is 35.5. The maximum atomic E-state index is 13.4. The maximum Gasteiger partial charge on any atom is 0.389 e. The number of benzene rings is 1. The van der Waals surface area contributed by atoms with E-state index in [0.29, 0.717) is 10.6 Å². The van der Waals surface area contributed by atoms with Gasteiger partial charge in [0.15, 0.2) is 6.67 Å². The van der Waals surface area contributed by atoms with Gasteiger partial charge < -0.3 is 10.6 Å². The molecular formula is C16H14ClF5N2O2. The Morgan fingerprint density at radius 3 is 2.15 bits per heavy atom. The minimum Gasteiger partial charge on any atom is -0.376 e. The Morgan fingerprint density at radius 2 is 1.62 bits per heavy atom. The van der Waals surface area contributed by atoms with Crippen molar-refractivity contribution in [1.29, 1.82) is 0 Å². The molecule has 142 valence electrons. The van der Waals surface area contributed by atoms with Gasteiger partial charge >= 0.3 is 12.0 Å². The Bertz CT molecular complexity index is 884. The van der Waals surface area contributed by atoms with Crippen molar-refractivity contribution in [3.8, 4) is 0 Å². The third kappa shape index (κ3) is 3.53. The molecule has 0 amide bonds. The van der Waals surface area contributed by atoms with E-state index in [9.17, 15) is 31.5 Å². The van der Waals surface area contributed by atoms with Crippen molar-refractivity contribution in [2.24, 2.45) is 0 Å². The zero-order chi connectivity index (χ0) is 19.9. The van der Waals surface area contributed by atoms with Gasteiger partial charge in [-0.2, -0.15) is 17.6 Å². The normalized spacial score (nSPS) is 12.5. The Balaban J connectivity index is 2.25. The van der Waals surface area contributed by atoms with Gasteiger partial charge in [0.25, 0.3) is 10.9 Å². The third-order valence-electron chi connectivity index (χ3n) is 3.82. The van der Waals surface area contributed by atoms with E-state index in [1.165, 1.54) is 0 Å². The van der Waals surface area contributed by atoms with Crippen LogP contribution in [0.4, 0.5) is 33.3 Å². The van der Waals surface area contributed by atoms with Crippen LogP contribution in [0.5, 0.6) is 0 Å². The molecule has 0 fully saturated rings. The molecule has 0 aromatic heterocycles. The number of alkyl halides is 5. The minimum atomic E-state index is -5.04. The molecule has 0 saturated heterocycles. The standard InChI is InChI=1S/C16H14ClF5N2O2/c1-7-3-8(2)9(10(17)4-7)5-23-11-12(14(26)13(11)25)24-16(21,22)15(19,20)6-18/h3-4,23-24H,5-6H2,1-2H3. The van der Waals surface area contributed by atoms with E-state index in [1.54, 1.807) is 19.1 Å². The predicted molar refractivity (Wildman–Crippen MR) is 89.1 cm³/mol. The Hall–Kier alpha value is -2.16. The zero-order valence-electron chi connectivity index (χ0n) is 13.7. The van der Waals surface area contributed by atoms with Crippen molar-refractivity contribution in [3.63, 3.8) is 0 Å². The lowest BCUT2D eigenvalue weighted by atomic mass is 10.0. The van der Waals surface area contributed by atoms with Gasteiger partial charge in [-0.05, 0) is 36.6 Å². The summed E-state index contributed by atoms with van der Waals surface area (Å²) in [5.74, 6) is -5.04. The zero-order valence-corrected chi connectivity index (χ0v) is 14.4. The second-order valence-electron chi connectivity index (χ2n) is 5.84. The van der Waals surface area contributed by atoms with Crippen molar-refractivity contribution in [3.05, 3.63) is 54.3 Å². The average molecular weight is 397 g/mol. The highest BCUT2D eigenvalue weighted by Gasteiger charge is 2.57. The molecule has 2 aromatic rings. The Labute approximate surface area is 149 Å². The van der Waals surface area contributed by atoms with Crippen molar-refractivity contribution in [1.82, 2.24) is 0 Å². The number of hydrogen-bond donors (Lipinski definition) is 2. The Kier molecular flexibility index (Phi) is 5.32. The molecular weight excluding hydrogens is 383 g/mol. The van der Waals surface area contributed by atoms with Crippen molar-refractivity contribution in [2.75, 3.05) is 17.3 Å². The van der Waals surface area contributed by atoms with Crippen LogP contribution in [-0.4, -0.2) is 18.6 Å². The molecule has 0 aliphatic heterocycles. The fourth-order valence-electron chi connectivity index (χ4n) is 2.36. The summed E-state index contributed by atoms with van der Waals surface area (Å²) in [7, 11) is 0. The first-order valence-corrected chi connectivity index (χ1v) is 7.71. The summed E-state index contributed by atoms with van der Waals surface area (Å²) in [6.07, 6.45) is 0. The summed E-state index contributed by atoms with van der Waals surface area (Å²) in [4.78, 5) is 23.0. The topological polar surface area (TPSA) is 58.2 Å². The molecule has 0 spiro atoms. The minimum absolute atomic E-state index is 0.102. The summed E-state index contributed by atoms with van der Waals surface area (Å²) in [6, 6.07) is -1.61. The molecule has 0 unspecified atom stereocenters. The molecule has 2 N–H and O–H groups in total. The van der Waals surface area contributed by atoms with Crippen LogP contribution in [0.3, 0.4) is 0 Å². The van der Waals surface area contributed by atoms with Gasteiger partial charge in [-0.25, -0.2) is 4.39 Å². The van der Waals surface area contributed by atoms with Gasteiger partial charge in [-0.3, -0.25) is 9.59 Å². The molecule has 0 atom stereocenters. The van der Waals surface area contributed by atoms with Crippen LogP contribution in [0.2, 0.25) is 5.02 Å². The third-order valence-corrected chi connectivity index (χ3v) is 4.16. The first-order valence-electron chi connectivity index (χ1n) is 7.34. The van der Waals surface area contributed by atoms with Gasteiger partial charge in [0.2, 0.25) is 0 Å². The summed E-state index contributed by atoms with van der Waals surface area (Å²) in [5.41, 5.74) is -1.99. The van der Waals surface area contributed by atoms with Gasteiger partial charge in [-0.1, -0.05) is 17.7 Å². The lowest BCUT2D eigenvalue weighted by Crippen LogP contribution is -2.51. The SMILES string of the molecule is Cc1cc(C)c(CNc2c(NC(F)(F)C(F)(F)CF)c(=O)c2=O)c(Cl)c1. The molecule has 0 saturated carbocycles. The molecule has 0 aliphatic carbocycles. The van der Waals surface area contributed by atoms with E-state index in [4.69, 9.17) is 11.6 Å². The lowest BCUT2D eigenvalue weighted by Gasteiger charge is -2.27. The number of halogens is 6. The van der Waals surface area contributed by atoms with Crippen LogP contribution < -0.4 is 21.5 Å². The number of nitrogens with one attached hydrogen (secondary N) is 2. The summed E-state index contributed by atoms with van der Waals surface area (Å²) >= 11 is 6.08. The van der Waals surface area contributed by atoms with E-state index < -0.39 is 40.9 Å². The van der Waals surface area contributed by atoms with E-state index in [2.05, 4.69) is 5.32 Å². The molecule has 0 heterocycles. The van der Waals surface area contributed by atoms with E-state index in [-0.39, 0.29) is 6.54 Å². The van der Waals surface area contributed by atoms with E-state index in [1.807, 2.05) is 6.92 Å². The van der Waals surface area contributed by atoms with Gasteiger partial charge in [0, 0.05) is 11.6 Å². The van der Waals surface area contributed by atoms with Crippen molar-refractivity contribution >= 4 is 23.0 Å². The van der Waals surface area contributed by atoms with Crippen molar-refractivity contribution < 1.29 is 22.0 Å². The number of rotatable bonds is 7. The molecule has 2 aromatic carbocycles. The first kappa shape index (κ1) is 20.2. The predicted octanol–water partition coefficient (Wildman–Crippen LogP) is 3.77. The van der Waals surface area contributed by atoms with Crippen LogP contribution in [0.25, 0.3) is 0 Å². The van der Waals surface area contributed by atoms with Gasteiger partial charge in [0.05, 0.1) is 0 Å². The summed E-state index contributed by atoms with van der Waals surface area (Å²) in [5, 5.41) is 3.77. The van der Waals surface area contributed by atoms with Gasteiger partial charge in [-0.15, -0.1) is 0 Å². The first-order chi connectivity index (χ1) is 11.9. The number of anilines is 2. The quantitative estimate of drug-likeness (QED) is 0.425. The second-order valence-corrected chi connectivity index (χ2v) is 6.25. The van der Waals surface area contributed by atoms with Gasteiger partial charge in [0.1, 0.15) is 11.4 Å². The number of aryl methyl sites for hydroxylation is 2. The molecule has 0 bridgehead atoms. The summed E-state index contributed by atoms with van der Waals surface area (Å²) in [6.45, 7) is 0.800. The monoisotopic (exact) mass is 396 g/mol. The van der Waals surface area contributed by atoms with Crippen molar-refractivity contribution in [2.45, 2.75) is 32.4 Å². The average Bonchev–Trinajstić information content (AvgIpc) is 2.55. The molecule has 0 radical (unpaired) electrons. The van der Waals surface area contributed by atoms with Crippen LogP contribution in [0, 0.1) is 13.8 Å². The highest BCUT2D eigenvalue weighted by molar-refractivity contribution is 6.31. The van der Waals surface area contributed by atoms with Crippen LogP contribution in [0.15, 0.2) is 21.7 Å². The fraction of sp³-hybridized carbons (Fsp3) is 0.375. The second kappa shape index (κ2) is 6.86. The summed E-state index contributed by atoms with van der Waals surface area (Å²) < 4.78 is 64.9. The molecule has 0 aliphatic rings. The molecule has 10 heteroatoms. The molecule has 4 nitrogen and oxygen atoms in total. The maximum absolute atomic E-state index is 13.4. The van der Waals surface area contributed by atoms with Crippen LogP contribution >= 0.6 is 11.6 Å². The fourth-order valence-corrected chi connectivity index (χ4v) is 2.75. The van der Waals surface area contributed by atoms with E-state index in [0.717, 1.165) is 16.4 Å². The largest absolute Gasteiger partial charge is 0.389 e. The highest BCUT2D eigenvalue weighted by Crippen LogP contribution is 2.36.